The van der Waals surface area contributed by atoms with Gasteiger partial charge < -0.3 is 19.3 Å². The van der Waals surface area contributed by atoms with Crippen molar-refractivity contribution in [2.45, 2.75) is 45.8 Å². The van der Waals surface area contributed by atoms with Crippen LogP contribution in [0.4, 0.5) is 0 Å². The average Bonchev–Trinajstić information content (AvgIpc) is 3.41. The minimum atomic E-state index is -0.423. The van der Waals surface area contributed by atoms with E-state index in [1.165, 1.54) is 0 Å². The molecule has 5 heteroatoms. The second-order valence-corrected chi connectivity index (χ2v) is 7.09. The topological polar surface area (TPSA) is 54.7 Å². The third-order valence-electron chi connectivity index (χ3n) is 5.17. The van der Waals surface area contributed by atoms with E-state index < -0.39 is 6.10 Å². The number of amides is 1. The first-order valence-corrected chi connectivity index (χ1v) is 9.08. The van der Waals surface area contributed by atoms with E-state index in [4.69, 9.17) is 4.74 Å². The van der Waals surface area contributed by atoms with Gasteiger partial charge >= 0.3 is 0 Å². The van der Waals surface area contributed by atoms with Gasteiger partial charge in [0, 0.05) is 36.7 Å². The van der Waals surface area contributed by atoms with Crippen LogP contribution in [0, 0.1) is 12.8 Å². The first-order chi connectivity index (χ1) is 12.0. The number of rotatable bonds is 7. The fourth-order valence-corrected chi connectivity index (χ4v) is 3.55. The molecule has 0 bridgehead atoms. The lowest BCUT2D eigenvalue weighted by molar-refractivity contribution is 0.0646. The molecule has 5 nitrogen and oxygen atoms in total. The van der Waals surface area contributed by atoms with Gasteiger partial charge in [-0.1, -0.05) is 6.92 Å². The lowest BCUT2D eigenvalue weighted by Crippen LogP contribution is -2.35. The normalized spacial score (nSPS) is 15.4. The number of fused-ring (bicyclic) bond motifs is 1. The Morgan fingerprint density at radius 1 is 1.44 bits per heavy atom. The SMILES string of the molecule is CCCn1c(C)c(C(=O)N(C)CC(O)C2CC2)c2cc(OC)ccc21. The lowest BCUT2D eigenvalue weighted by Gasteiger charge is -2.21. The van der Waals surface area contributed by atoms with E-state index in [1.807, 2.05) is 25.1 Å². The van der Waals surface area contributed by atoms with Crippen LogP contribution in [0.2, 0.25) is 0 Å². The molecule has 3 rings (SSSR count). The van der Waals surface area contributed by atoms with Crippen LogP contribution in [0.3, 0.4) is 0 Å². The van der Waals surface area contributed by atoms with Crippen LogP contribution in [0.15, 0.2) is 18.2 Å². The number of aromatic nitrogens is 1. The number of ether oxygens (including phenoxy) is 1. The number of likely N-dealkylation sites (N-methyl/N-ethyl adjacent to an activating group) is 1. The van der Waals surface area contributed by atoms with Crippen LogP contribution < -0.4 is 4.74 Å². The molecule has 1 aliphatic carbocycles. The quantitative estimate of drug-likeness (QED) is 0.839. The van der Waals surface area contributed by atoms with Crippen molar-refractivity contribution in [3.63, 3.8) is 0 Å². The first kappa shape index (κ1) is 17.8. The molecule has 1 N–H and O–H groups in total. The molecule has 0 aliphatic heterocycles. The van der Waals surface area contributed by atoms with Crippen LogP contribution in [0.5, 0.6) is 5.75 Å². The molecule has 0 radical (unpaired) electrons. The number of nitrogens with zero attached hydrogens (tertiary/aromatic N) is 2. The summed E-state index contributed by atoms with van der Waals surface area (Å²) in [6.07, 6.45) is 2.71. The van der Waals surface area contributed by atoms with Crippen LogP contribution in [-0.2, 0) is 6.54 Å². The van der Waals surface area contributed by atoms with Crippen molar-refractivity contribution in [3.05, 3.63) is 29.5 Å². The maximum absolute atomic E-state index is 13.1. The molecule has 2 aromatic rings. The van der Waals surface area contributed by atoms with Gasteiger partial charge in [0.1, 0.15) is 5.75 Å². The molecular weight excluding hydrogens is 316 g/mol. The third kappa shape index (κ3) is 3.38. The van der Waals surface area contributed by atoms with E-state index >= 15 is 0 Å². The van der Waals surface area contributed by atoms with Crippen molar-refractivity contribution >= 4 is 16.8 Å². The maximum Gasteiger partial charge on any atom is 0.256 e. The number of methoxy groups -OCH3 is 1. The van der Waals surface area contributed by atoms with Crippen molar-refractivity contribution in [3.8, 4) is 5.75 Å². The van der Waals surface area contributed by atoms with Gasteiger partial charge in [-0.25, -0.2) is 0 Å². The van der Waals surface area contributed by atoms with Gasteiger partial charge in [0.05, 0.1) is 18.8 Å². The molecule has 136 valence electrons. The molecule has 1 atom stereocenters. The van der Waals surface area contributed by atoms with Gasteiger partial charge in [0.2, 0.25) is 0 Å². The van der Waals surface area contributed by atoms with Crippen molar-refractivity contribution in [1.29, 1.82) is 0 Å². The van der Waals surface area contributed by atoms with E-state index in [0.29, 0.717) is 18.0 Å². The van der Waals surface area contributed by atoms with Gasteiger partial charge in [0.15, 0.2) is 0 Å². The van der Waals surface area contributed by atoms with Gasteiger partial charge in [-0.05, 0) is 50.3 Å². The number of carbonyl (C=O) groups is 1. The Morgan fingerprint density at radius 3 is 2.76 bits per heavy atom. The van der Waals surface area contributed by atoms with E-state index in [0.717, 1.165) is 48.2 Å². The zero-order valence-electron chi connectivity index (χ0n) is 15.6. The molecule has 1 saturated carbocycles. The number of hydrogen-bond acceptors (Lipinski definition) is 3. The summed E-state index contributed by atoms with van der Waals surface area (Å²) in [5.41, 5.74) is 2.75. The summed E-state index contributed by atoms with van der Waals surface area (Å²) >= 11 is 0. The zero-order valence-corrected chi connectivity index (χ0v) is 15.6. The number of carbonyl (C=O) groups excluding carboxylic acids is 1. The molecule has 25 heavy (non-hydrogen) atoms. The second-order valence-electron chi connectivity index (χ2n) is 7.09. The number of aliphatic hydroxyl groups excluding tert-OH is 1. The molecule has 1 aromatic heterocycles. The number of aliphatic hydroxyl groups is 1. The Kier molecular flexibility index (Phi) is 5.04. The van der Waals surface area contributed by atoms with Crippen molar-refractivity contribution in [2.24, 2.45) is 5.92 Å². The summed E-state index contributed by atoms with van der Waals surface area (Å²) in [6, 6.07) is 5.89. The highest BCUT2D eigenvalue weighted by atomic mass is 16.5. The van der Waals surface area contributed by atoms with Gasteiger partial charge in [-0.15, -0.1) is 0 Å². The number of benzene rings is 1. The van der Waals surface area contributed by atoms with E-state index in [9.17, 15) is 9.90 Å². The van der Waals surface area contributed by atoms with Crippen LogP contribution >= 0.6 is 0 Å². The lowest BCUT2D eigenvalue weighted by atomic mass is 10.1. The Morgan fingerprint density at radius 2 is 2.16 bits per heavy atom. The predicted molar refractivity (Wildman–Crippen MR) is 99.2 cm³/mol. The molecule has 0 spiro atoms. The summed E-state index contributed by atoms with van der Waals surface area (Å²) in [7, 11) is 3.41. The van der Waals surface area contributed by atoms with Crippen molar-refractivity contribution < 1.29 is 14.6 Å². The molecule has 1 aromatic carbocycles. The summed E-state index contributed by atoms with van der Waals surface area (Å²) in [5, 5.41) is 11.1. The second kappa shape index (κ2) is 7.08. The average molecular weight is 344 g/mol. The molecule has 1 fully saturated rings. The van der Waals surface area contributed by atoms with Crippen molar-refractivity contribution in [2.75, 3.05) is 20.7 Å². The monoisotopic (exact) mass is 344 g/mol. The van der Waals surface area contributed by atoms with Crippen LogP contribution in [0.1, 0.15) is 42.2 Å². The molecular formula is C20H28N2O3. The smallest absolute Gasteiger partial charge is 0.256 e. The van der Waals surface area contributed by atoms with Gasteiger partial charge in [-0.3, -0.25) is 4.79 Å². The highest BCUT2D eigenvalue weighted by molar-refractivity contribution is 6.08. The molecule has 1 aliphatic rings. The molecule has 0 saturated heterocycles. The highest BCUT2D eigenvalue weighted by Crippen LogP contribution is 2.34. The summed E-state index contributed by atoms with van der Waals surface area (Å²) in [5.74, 6) is 1.07. The van der Waals surface area contributed by atoms with E-state index in [2.05, 4.69) is 11.5 Å². The van der Waals surface area contributed by atoms with Crippen LogP contribution in [0.25, 0.3) is 10.9 Å². The van der Waals surface area contributed by atoms with E-state index in [1.54, 1.807) is 19.1 Å². The Balaban J connectivity index is 2.00. The van der Waals surface area contributed by atoms with Crippen LogP contribution in [-0.4, -0.2) is 47.3 Å². The fourth-order valence-electron chi connectivity index (χ4n) is 3.55. The number of aryl methyl sites for hydroxylation is 1. The largest absolute Gasteiger partial charge is 0.497 e. The molecule has 1 unspecified atom stereocenters. The predicted octanol–water partition coefficient (Wildman–Crippen LogP) is 3.21. The Labute approximate surface area is 149 Å². The maximum atomic E-state index is 13.1. The fraction of sp³-hybridized carbons (Fsp3) is 0.550. The Hall–Kier alpha value is -2.01. The van der Waals surface area contributed by atoms with Gasteiger partial charge in [0.25, 0.3) is 5.91 Å². The number of hydrogen-bond donors (Lipinski definition) is 1. The van der Waals surface area contributed by atoms with E-state index in [-0.39, 0.29) is 5.91 Å². The first-order valence-electron chi connectivity index (χ1n) is 9.08. The third-order valence-corrected chi connectivity index (χ3v) is 5.17. The standard InChI is InChI=1S/C20H28N2O3/c1-5-10-22-13(2)19(16-11-15(25-4)8-9-17(16)22)20(24)21(3)12-18(23)14-6-7-14/h8-9,11,14,18,23H,5-7,10,12H2,1-4H3. The molecule has 1 amide bonds. The summed E-state index contributed by atoms with van der Waals surface area (Å²) in [6.45, 7) is 5.39. The highest BCUT2D eigenvalue weighted by Gasteiger charge is 2.32. The molecule has 1 heterocycles. The minimum Gasteiger partial charge on any atom is -0.497 e. The zero-order chi connectivity index (χ0) is 18.1. The summed E-state index contributed by atoms with van der Waals surface area (Å²) in [4.78, 5) is 14.8. The minimum absolute atomic E-state index is 0.0368. The Bertz CT molecular complexity index is 777. The summed E-state index contributed by atoms with van der Waals surface area (Å²) < 4.78 is 7.56. The van der Waals surface area contributed by atoms with Gasteiger partial charge in [-0.2, -0.15) is 0 Å². The van der Waals surface area contributed by atoms with Crippen molar-refractivity contribution in [1.82, 2.24) is 9.47 Å².